The zero-order chi connectivity index (χ0) is 11.3. The fraction of sp³-hybridized carbons (Fsp3) is 0.250. The number of aromatic nitrogens is 1. The molecule has 7 heteroatoms. The molecule has 0 fully saturated rings. The maximum Gasteiger partial charge on any atom is 0.192 e. The monoisotopic (exact) mass is 228 g/mol. The molecule has 0 amide bonds. The number of nitrogens with zero attached hydrogens (tertiary/aromatic N) is 3. The first-order valence-corrected chi connectivity index (χ1v) is 4.49. The Balaban J connectivity index is 2.50. The van der Waals surface area contributed by atoms with Crippen molar-refractivity contribution in [1.29, 1.82) is 0 Å². The van der Waals surface area contributed by atoms with E-state index < -0.39 is 5.03 Å². The molecule has 1 aromatic heterocycles. The van der Waals surface area contributed by atoms with Crippen LogP contribution in [0, 0.1) is 10.1 Å². The van der Waals surface area contributed by atoms with E-state index in [9.17, 15) is 10.1 Å². The minimum atomic E-state index is -0.748. The van der Waals surface area contributed by atoms with E-state index in [1.807, 2.05) is 0 Å². The summed E-state index contributed by atoms with van der Waals surface area (Å²) < 4.78 is 0. The summed E-state index contributed by atoms with van der Waals surface area (Å²) in [6.45, 7) is 1.94. The lowest BCUT2D eigenvalue weighted by atomic mass is 10.3. The Morgan fingerprint density at radius 3 is 3.00 bits per heavy atom. The van der Waals surface area contributed by atoms with Crippen LogP contribution in [0.15, 0.2) is 23.4 Å². The highest BCUT2D eigenvalue weighted by Crippen LogP contribution is 2.04. The Labute approximate surface area is 91.1 Å². The molecule has 1 N–H and O–H groups in total. The number of hydrogen-bond donors (Lipinski definition) is 1. The summed E-state index contributed by atoms with van der Waals surface area (Å²) in [5.74, 6) is 0.245. The third kappa shape index (κ3) is 4.37. The number of halogens is 1. The van der Waals surface area contributed by atoms with Gasteiger partial charge in [0.1, 0.15) is 5.15 Å². The first-order chi connectivity index (χ1) is 7.08. The van der Waals surface area contributed by atoms with Gasteiger partial charge in [-0.25, -0.2) is 15.1 Å². The highest BCUT2D eigenvalue weighted by atomic mass is 35.5. The standard InChI is InChI=1S/C8H9ClN4O2/c1-6(12-13(14)15)10-4-7-2-3-8(9)11-5-7/h2-3,5H,4H2,1H3,(H,10,12). The van der Waals surface area contributed by atoms with Crippen LogP contribution in [0.4, 0.5) is 0 Å². The second-order valence-electron chi connectivity index (χ2n) is 2.77. The van der Waals surface area contributed by atoms with Crippen molar-refractivity contribution < 1.29 is 5.03 Å². The molecule has 0 spiro atoms. The molecule has 1 heterocycles. The van der Waals surface area contributed by atoms with Crippen LogP contribution in [-0.2, 0) is 6.54 Å². The number of nitrogens with one attached hydrogen (secondary N) is 1. The van der Waals surface area contributed by atoms with E-state index in [-0.39, 0.29) is 5.84 Å². The predicted octanol–water partition coefficient (Wildman–Crippen LogP) is 1.43. The SMILES string of the molecule is C/C(=N/[N+](=O)[O-])NCc1ccc(Cl)nc1. The lowest BCUT2D eigenvalue weighted by Crippen LogP contribution is -2.20. The van der Waals surface area contributed by atoms with Crippen LogP contribution in [0.1, 0.15) is 12.5 Å². The Hall–Kier alpha value is -1.69. The molecule has 0 saturated heterocycles. The molecule has 1 aromatic rings. The van der Waals surface area contributed by atoms with Gasteiger partial charge in [0.2, 0.25) is 0 Å². The van der Waals surface area contributed by atoms with Gasteiger partial charge in [0.15, 0.2) is 10.9 Å². The van der Waals surface area contributed by atoms with Gasteiger partial charge < -0.3 is 5.32 Å². The van der Waals surface area contributed by atoms with E-state index in [4.69, 9.17) is 11.6 Å². The second kappa shape index (κ2) is 5.26. The molecule has 15 heavy (non-hydrogen) atoms. The maximum absolute atomic E-state index is 10.0. The second-order valence-corrected chi connectivity index (χ2v) is 3.15. The molecular weight excluding hydrogens is 220 g/mol. The Morgan fingerprint density at radius 1 is 1.73 bits per heavy atom. The van der Waals surface area contributed by atoms with Crippen molar-refractivity contribution in [2.75, 3.05) is 0 Å². The summed E-state index contributed by atoms with van der Waals surface area (Å²) in [6, 6.07) is 3.43. The Bertz CT molecular complexity index is 377. The first-order valence-electron chi connectivity index (χ1n) is 4.12. The number of rotatable bonds is 3. The topological polar surface area (TPSA) is 80.4 Å². The first kappa shape index (κ1) is 11.4. The molecule has 0 radical (unpaired) electrons. The maximum atomic E-state index is 10.0. The van der Waals surface area contributed by atoms with Gasteiger partial charge in [0, 0.05) is 12.7 Å². The van der Waals surface area contributed by atoms with Gasteiger partial charge in [-0.05, 0) is 18.6 Å². The number of hydrazone groups is 1. The highest BCUT2D eigenvalue weighted by molar-refractivity contribution is 6.29. The average molecular weight is 229 g/mol. The van der Waals surface area contributed by atoms with Crippen LogP contribution in [0.25, 0.3) is 0 Å². The highest BCUT2D eigenvalue weighted by Gasteiger charge is 1.98. The van der Waals surface area contributed by atoms with Crippen LogP contribution in [-0.4, -0.2) is 15.9 Å². The lowest BCUT2D eigenvalue weighted by Gasteiger charge is -2.02. The fourth-order valence-corrected chi connectivity index (χ4v) is 1.01. The van der Waals surface area contributed by atoms with Gasteiger partial charge in [0.05, 0.1) is 5.10 Å². The molecule has 0 unspecified atom stereocenters. The third-order valence-electron chi connectivity index (χ3n) is 1.57. The van der Waals surface area contributed by atoms with Gasteiger partial charge in [-0.1, -0.05) is 17.7 Å². The normalized spacial score (nSPS) is 11.2. The summed E-state index contributed by atoms with van der Waals surface area (Å²) >= 11 is 5.60. The van der Waals surface area contributed by atoms with Crippen molar-refractivity contribution >= 4 is 17.4 Å². The van der Waals surface area contributed by atoms with E-state index >= 15 is 0 Å². The summed E-state index contributed by atoms with van der Waals surface area (Å²) in [5.41, 5.74) is 0.872. The van der Waals surface area contributed by atoms with Gasteiger partial charge in [-0.2, -0.15) is 0 Å². The van der Waals surface area contributed by atoms with Crippen LogP contribution >= 0.6 is 11.6 Å². The predicted molar refractivity (Wildman–Crippen MR) is 56.2 cm³/mol. The molecule has 0 aliphatic carbocycles. The summed E-state index contributed by atoms with van der Waals surface area (Å²) in [6.07, 6.45) is 1.59. The fourth-order valence-electron chi connectivity index (χ4n) is 0.899. The minimum absolute atomic E-state index is 0.245. The quantitative estimate of drug-likeness (QED) is 0.279. The molecule has 80 valence electrons. The van der Waals surface area contributed by atoms with Gasteiger partial charge in [0.25, 0.3) is 0 Å². The zero-order valence-corrected chi connectivity index (χ0v) is 8.73. The van der Waals surface area contributed by atoms with Crippen LogP contribution in [0.3, 0.4) is 0 Å². The van der Waals surface area contributed by atoms with Crippen molar-refractivity contribution in [1.82, 2.24) is 10.3 Å². The molecular formula is C8H9ClN4O2. The van der Waals surface area contributed by atoms with Gasteiger partial charge >= 0.3 is 0 Å². The zero-order valence-electron chi connectivity index (χ0n) is 7.98. The van der Waals surface area contributed by atoms with Crippen molar-refractivity contribution in [3.05, 3.63) is 39.2 Å². The molecule has 1 rings (SSSR count). The smallest absolute Gasteiger partial charge is 0.192 e. The summed E-state index contributed by atoms with van der Waals surface area (Å²) in [5, 5.41) is 15.5. The van der Waals surface area contributed by atoms with Gasteiger partial charge in [-0.3, -0.25) is 0 Å². The van der Waals surface area contributed by atoms with Crippen LogP contribution in [0.2, 0.25) is 5.15 Å². The van der Waals surface area contributed by atoms with Crippen molar-refractivity contribution in [2.45, 2.75) is 13.5 Å². The number of nitro groups is 1. The van der Waals surface area contributed by atoms with E-state index in [0.717, 1.165) is 5.56 Å². The molecule has 0 aromatic carbocycles. The van der Waals surface area contributed by atoms with E-state index in [1.54, 1.807) is 18.3 Å². The molecule has 0 atom stereocenters. The van der Waals surface area contributed by atoms with Gasteiger partial charge in [-0.15, -0.1) is 0 Å². The average Bonchev–Trinajstić information content (AvgIpc) is 2.16. The molecule has 0 bridgehead atoms. The van der Waals surface area contributed by atoms with Crippen molar-refractivity contribution in [3.63, 3.8) is 0 Å². The van der Waals surface area contributed by atoms with Crippen molar-refractivity contribution in [3.8, 4) is 0 Å². The molecule has 0 aliphatic heterocycles. The Morgan fingerprint density at radius 2 is 2.47 bits per heavy atom. The molecule has 0 aliphatic rings. The number of hydrogen-bond acceptors (Lipinski definition) is 3. The van der Waals surface area contributed by atoms with Crippen LogP contribution in [0.5, 0.6) is 0 Å². The Kier molecular flexibility index (Phi) is 3.99. The van der Waals surface area contributed by atoms with Crippen LogP contribution < -0.4 is 5.32 Å². The third-order valence-corrected chi connectivity index (χ3v) is 1.79. The van der Waals surface area contributed by atoms with Crippen molar-refractivity contribution in [2.24, 2.45) is 5.10 Å². The number of pyridine rings is 1. The number of amidine groups is 1. The lowest BCUT2D eigenvalue weighted by molar-refractivity contribution is -0.485. The molecule has 0 saturated carbocycles. The summed E-state index contributed by atoms with van der Waals surface area (Å²) in [4.78, 5) is 13.9. The minimum Gasteiger partial charge on any atom is -0.365 e. The van der Waals surface area contributed by atoms with E-state index in [2.05, 4.69) is 15.4 Å². The largest absolute Gasteiger partial charge is 0.365 e. The summed E-state index contributed by atoms with van der Waals surface area (Å²) in [7, 11) is 0. The van der Waals surface area contributed by atoms with E-state index in [0.29, 0.717) is 11.7 Å². The van der Waals surface area contributed by atoms with E-state index in [1.165, 1.54) is 6.92 Å². The molecule has 6 nitrogen and oxygen atoms in total.